The number of esters is 1. The number of ether oxygens (including phenoxy) is 1. The van der Waals surface area contributed by atoms with Crippen molar-refractivity contribution in [2.24, 2.45) is 0 Å². The van der Waals surface area contributed by atoms with Crippen LogP contribution in [-0.2, 0) is 24.0 Å². The lowest BCUT2D eigenvalue weighted by molar-refractivity contribution is -0.197. The maximum atomic E-state index is 12.2. The molecule has 1 fully saturated rings. The highest BCUT2D eigenvalue weighted by molar-refractivity contribution is 14.1. The number of amides is 2. The Morgan fingerprint density at radius 3 is 2.27 bits per heavy atom. The number of carbonyl (C=O) groups is 4. The van der Waals surface area contributed by atoms with Gasteiger partial charge in [0.2, 0.25) is 0 Å². The average Bonchev–Trinajstić information content (AvgIpc) is 2.90. The fraction of sp³-hybridized carbons (Fsp3) is 0.375. The van der Waals surface area contributed by atoms with Gasteiger partial charge in [-0.2, -0.15) is 0 Å². The first-order chi connectivity index (χ1) is 12.3. The summed E-state index contributed by atoms with van der Waals surface area (Å²) in [5.74, 6) is -2.05. The first kappa shape index (κ1) is 21.8. The Kier molecular flexibility index (Phi) is 8.50. The van der Waals surface area contributed by atoms with Gasteiger partial charge in [-0.05, 0) is 92.7 Å². The number of rotatable bonds is 7. The monoisotopic (exact) mass is 697 g/mol. The van der Waals surface area contributed by atoms with Crippen molar-refractivity contribution < 1.29 is 28.8 Å². The lowest BCUT2D eigenvalue weighted by Gasteiger charge is -2.12. The summed E-state index contributed by atoms with van der Waals surface area (Å²) in [6, 6.07) is 3.79. The molecular weight excluding hydrogens is 683 g/mol. The third kappa shape index (κ3) is 5.74. The van der Waals surface area contributed by atoms with Crippen LogP contribution in [0, 0.1) is 10.7 Å². The van der Waals surface area contributed by atoms with Gasteiger partial charge in [0.15, 0.2) is 0 Å². The minimum absolute atomic E-state index is 0.0346. The number of hydrogen-bond donors (Lipinski definition) is 0. The minimum atomic E-state index is -0.651. The summed E-state index contributed by atoms with van der Waals surface area (Å²) in [4.78, 5) is 51.4. The molecule has 0 radical (unpaired) electrons. The maximum Gasteiger partial charge on any atom is 0.340 e. The molecular formula is C16H14I3NO6. The molecule has 0 unspecified atom stereocenters. The lowest BCUT2D eigenvalue weighted by Crippen LogP contribution is -2.31. The molecule has 1 aliphatic rings. The molecule has 26 heavy (non-hydrogen) atoms. The van der Waals surface area contributed by atoms with Gasteiger partial charge in [0, 0.05) is 30.0 Å². The molecule has 0 saturated carbocycles. The fourth-order valence-corrected chi connectivity index (χ4v) is 4.45. The van der Waals surface area contributed by atoms with E-state index < -0.39 is 23.8 Å². The van der Waals surface area contributed by atoms with E-state index in [0.717, 1.165) is 10.7 Å². The topological polar surface area (TPSA) is 90.0 Å². The van der Waals surface area contributed by atoms with Crippen molar-refractivity contribution in [2.75, 3.05) is 6.61 Å². The summed E-state index contributed by atoms with van der Waals surface area (Å²) in [7, 11) is 0. The van der Waals surface area contributed by atoms with Crippen LogP contribution in [0.4, 0.5) is 0 Å². The van der Waals surface area contributed by atoms with Gasteiger partial charge in [-0.15, -0.1) is 5.06 Å². The summed E-state index contributed by atoms with van der Waals surface area (Å²) in [5.41, 5.74) is 0.545. The maximum absolute atomic E-state index is 12.2. The van der Waals surface area contributed by atoms with E-state index in [0.29, 0.717) is 23.5 Å². The highest BCUT2D eigenvalue weighted by Crippen LogP contribution is 2.25. The number of hydroxylamine groups is 2. The van der Waals surface area contributed by atoms with Crippen LogP contribution >= 0.6 is 67.8 Å². The number of nitrogens with zero attached hydrogens (tertiary/aromatic N) is 1. The molecule has 1 aromatic carbocycles. The molecule has 0 atom stereocenters. The second kappa shape index (κ2) is 10.1. The van der Waals surface area contributed by atoms with Crippen molar-refractivity contribution in [3.8, 4) is 0 Å². The fourth-order valence-electron chi connectivity index (χ4n) is 2.13. The van der Waals surface area contributed by atoms with Crippen LogP contribution in [0.3, 0.4) is 0 Å². The summed E-state index contributed by atoms with van der Waals surface area (Å²) < 4.78 is 7.92. The highest BCUT2D eigenvalue weighted by Gasteiger charge is 2.32. The molecule has 7 nitrogen and oxygen atoms in total. The zero-order valence-corrected chi connectivity index (χ0v) is 19.9. The van der Waals surface area contributed by atoms with E-state index in [-0.39, 0.29) is 25.9 Å². The van der Waals surface area contributed by atoms with Gasteiger partial charge >= 0.3 is 11.9 Å². The Balaban J connectivity index is 1.71. The van der Waals surface area contributed by atoms with Crippen molar-refractivity contribution >= 4 is 91.5 Å². The third-order valence-electron chi connectivity index (χ3n) is 3.46. The molecule has 0 aromatic heterocycles. The number of benzene rings is 1. The number of hydrogen-bond acceptors (Lipinski definition) is 6. The largest absolute Gasteiger partial charge is 0.462 e. The molecule has 10 heteroatoms. The smallest absolute Gasteiger partial charge is 0.340 e. The van der Waals surface area contributed by atoms with Crippen LogP contribution in [-0.4, -0.2) is 35.4 Å². The number of carbonyl (C=O) groups excluding carboxylic acids is 4. The molecule has 2 amide bonds. The van der Waals surface area contributed by atoms with Crippen molar-refractivity contribution in [1.29, 1.82) is 0 Å². The van der Waals surface area contributed by atoms with Crippen molar-refractivity contribution in [2.45, 2.75) is 32.1 Å². The second-order valence-corrected chi connectivity index (χ2v) is 8.76. The Hall–Kier alpha value is -0.510. The average molecular weight is 697 g/mol. The Labute approximate surface area is 190 Å². The number of unbranched alkanes of at least 4 members (excludes halogenated alkanes) is 1. The van der Waals surface area contributed by atoms with E-state index in [4.69, 9.17) is 9.57 Å². The molecule has 0 spiro atoms. The van der Waals surface area contributed by atoms with Crippen LogP contribution in [0.2, 0.25) is 0 Å². The van der Waals surface area contributed by atoms with Crippen molar-refractivity contribution in [3.05, 3.63) is 28.4 Å². The minimum Gasteiger partial charge on any atom is -0.462 e. The van der Waals surface area contributed by atoms with E-state index in [2.05, 4.69) is 67.8 Å². The van der Waals surface area contributed by atoms with Gasteiger partial charge in [0.25, 0.3) is 11.8 Å². The molecule has 0 aliphatic carbocycles. The third-order valence-corrected chi connectivity index (χ3v) is 7.41. The van der Waals surface area contributed by atoms with Gasteiger partial charge in [0.1, 0.15) is 0 Å². The van der Waals surface area contributed by atoms with Crippen LogP contribution in [0.5, 0.6) is 0 Å². The first-order valence-electron chi connectivity index (χ1n) is 7.68. The van der Waals surface area contributed by atoms with Crippen LogP contribution < -0.4 is 0 Å². The molecule has 0 bridgehead atoms. The summed E-state index contributed by atoms with van der Waals surface area (Å²) >= 11 is 6.37. The molecule has 140 valence electrons. The summed E-state index contributed by atoms with van der Waals surface area (Å²) in [5, 5.41) is 0.531. The van der Waals surface area contributed by atoms with Crippen molar-refractivity contribution in [3.63, 3.8) is 0 Å². The van der Waals surface area contributed by atoms with E-state index in [1.807, 2.05) is 12.1 Å². The van der Waals surface area contributed by atoms with E-state index in [9.17, 15) is 19.2 Å². The summed E-state index contributed by atoms with van der Waals surface area (Å²) in [6.45, 7) is 0.172. The van der Waals surface area contributed by atoms with Gasteiger partial charge in [-0.1, -0.05) is 0 Å². The number of halogens is 3. The van der Waals surface area contributed by atoms with Crippen molar-refractivity contribution in [1.82, 2.24) is 5.06 Å². The standard InChI is InChI=1S/C16H14I3NO6/c17-9-4-5-10(18)15(19)14(9)16(24)25-8-2-1-3-13(23)26-20-11(21)6-7-12(20)22/h4-5H,1-3,6-8H2. The van der Waals surface area contributed by atoms with Crippen LogP contribution in [0.25, 0.3) is 0 Å². The number of imide groups is 1. The van der Waals surface area contributed by atoms with Gasteiger partial charge in [-0.25, -0.2) is 9.59 Å². The SMILES string of the molecule is O=C(CCCCOC(=O)c1c(I)ccc(I)c1I)ON1C(=O)CCC1=O. The normalized spacial score (nSPS) is 13.9. The predicted molar refractivity (Wildman–Crippen MR) is 116 cm³/mol. The zero-order valence-electron chi connectivity index (χ0n) is 13.4. The molecule has 1 aliphatic heterocycles. The predicted octanol–water partition coefficient (Wildman–Crippen LogP) is 3.43. The van der Waals surface area contributed by atoms with Crippen LogP contribution in [0.1, 0.15) is 42.5 Å². The zero-order chi connectivity index (χ0) is 19.3. The van der Waals surface area contributed by atoms with Gasteiger partial charge < -0.3 is 9.57 Å². The van der Waals surface area contributed by atoms with E-state index in [1.54, 1.807) is 0 Å². The molecule has 0 N–H and O–H groups in total. The van der Waals surface area contributed by atoms with Gasteiger partial charge in [-0.3, -0.25) is 9.59 Å². The van der Waals surface area contributed by atoms with E-state index >= 15 is 0 Å². The second-order valence-electron chi connectivity index (χ2n) is 5.36. The van der Waals surface area contributed by atoms with Crippen LogP contribution in [0.15, 0.2) is 12.1 Å². The molecule has 2 rings (SSSR count). The highest BCUT2D eigenvalue weighted by atomic mass is 127. The molecule has 1 saturated heterocycles. The molecule has 1 heterocycles. The quantitative estimate of drug-likeness (QED) is 0.143. The van der Waals surface area contributed by atoms with Gasteiger partial charge in [0.05, 0.1) is 12.2 Å². The Bertz CT molecular complexity index is 736. The Morgan fingerprint density at radius 1 is 1.00 bits per heavy atom. The molecule has 1 aromatic rings. The first-order valence-corrected chi connectivity index (χ1v) is 10.9. The summed E-state index contributed by atoms with van der Waals surface area (Å²) in [6.07, 6.45) is 1.06. The lowest BCUT2D eigenvalue weighted by atomic mass is 10.2. The van der Waals surface area contributed by atoms with E-state index in [1.165, 1.54) is 0 Å². The Morgan fingerprint density at radius 2 is 1.62 bits per heavy atom.